The number of carboxylic acid groups (broad SMARTS) is 1. The zero-order valence-electron chi connectivity index (χ0n) is 18.4. The van der Waals surface area contributed by atoms with E-state index in [-0.39, 0.29) is 45.9 Å². The number of carbonyl (C=O) groups excluding carboxylic acids is 2. The van der Waals surface area contributed by atoms with E-state index in [2.05, 4.69) is 25.3 Å². The lowest BCUT2D eigenvalue weighted by molar-refractivity contribution is -0.170. The second-order valence-electron chi connectivity index (χ2n) is 7.49. The Bertz CT molecular complexity index is 1340. The van der Waals surface area contributed by atoms with Gasteiger partial charge in [-0.1, -0.05) is 13.8 Å². The summed E-state index contributed by atoms with van der Waals surface area (Å²) in [5.74, 6) is -4.40. The maximum absolute atomic E-state index is 13.2. The summed E-state index contributed by atoms with van der Waals surface area (Å²) in [7, 11) is 0. The predicted octanol–water partition coefficient (Wildman–Crippen LogP) is 2.49. The van der Waals surface area contributed by atoms with Crippen LogP contribution in [0.25, 0.3) is 11.2 Å². The van der Waals surface area contributed by atoms with Gasteiger partial charge in [-0.25, -0.2) is 14.8 Å². The average molecular weight is 492 g/mol. The molecule has 2 aromatic heterocycles. The van der Waals surface area contributed by atoms with E-state index in [4.69, 9.17) is 5.11 Å². The molecule has 2 heterocycles. The van der Waals surface area contributed by atoms with Crippen LogP contribution in [0.1, 0.15) is 36.3 Å². The molecule has 1 unspecified atom stereocenters. The van der Waals surface area contributed by atoms with Gasteiger partial charge in [-0.15, -0.1) is 0 Å². The lowest BCUT2D eigenvalue weighted by atomic mass is 10.1. The lowest BCUT2D eigenvalue weighted by Gasteiger charge is -2.23. The van der Waals surface area contributed by atoms with Gasteiger partial charge in [0.1, 0.15) is 0 Å². The van der Waals surface area contributed by atoms with E-state index in [9.17, 15) is 32.3 Å². The van der Waals surface area contributed by atoms with Gasteiger partial charge in [0.25, 0.3) is 5.56 Å². The third-order valence-electron chi connectivity index (χ3n) is 5.00. The van der Waals surface area contributed by atoms with E-state index in [1.54, 1.807) is 13.8 Å². The van der Waals surface area contributed by atoms with Crippen LogP contribution in [-0.2, 0) is 16.1 Å². The largest absolute Gasteiger partial charge is 0.478 e. The number of benzene rings is 1. The SMILES string of the molecule is CCC(C)C(=O)Nc1nc2ncc(CN(C(=O)C(F)(F)F)c3ccc(C(=O)O)cc3)nc2c(=O)[nH]1. The highest BCUT2D eigenvalue weighted by molar-refractivity contribution is 5.98. The highest BCUT2D eigenvalue weighted by Gasteiger charge is 2.43. The van der Waals surface area contributed by atoms with Gasteiger partial charge in [0.15, 0.2) is 11.2 Å². The van der Waals surface area contributed by atoms with Crippen molar-refractivity contribution in [1.29, 1.82) is 0 Å². The Kier molecular flexibility index (Phi) is 7.12. The number of aromatic carboxylic acids is 1. The standard InChI is InChI=1S/C21H19F3N6O5/c1-3-10(2)16(31)28-20-27-15-14(17(32)29-20)26-12(8-25-15)9-30(19(35)21(22,23)24)13-6-4-11(5-7-13)18(33)34/h4-8,10H,3,9H2,1-2H3,(H,33,34)(H2,25,27,28,29,31,32). The molecule has 0 aliphatic rings. The fourth-order valence-corrected chi connectivity index (χ4v) is 2.89. The number of amides is 2. The number of carbonyl (C=O) groups is 3. The molecule has 2 amide bonds. The highest BCUT2D eigenvalue weighted by atomic mass is 19.4. The van der Waals surface area contributed by atoms with Gasteiger partial charge >= 0.3 is 18.1 Å². The summed E-state index contributed by atoms with van der Waals surface area (Å²) in [5, 5.41) is 11.4. The van der Waals surface area contributed by atoms with Crippen LogP contribution in [0, 0.1) is 5.92 Å². The van der Waals surface area contributed by atoms with Crippen molar-refractivity contribution < 1.29 is 32.7 Å². The molecular formula is C21H19F3N6O5. The van der Waals surface area contributed by atoms with Crippen LogP contribution >= 0.6 is 0 Å². The smallest absolute Gasteiger partial charge is 0.471 e. The van der Waals surface area contributed by atoms with Crippen molar-refractivity contribution in [1.82, 2.24) is 19.9 Å². The average Bonchev–Trinajstić information content (AvgIpc) is 2.81. The fraction of sp³-hybridized carbons (Fsp3) is 0.286. The maximum atomic E-state index is 13.2. The molecule has 3 aromatic rings. The predicted molar refractivity (Wildman–Crippen MR) is 117 cm³/mol. The Morgan fingerprint density at radius 1 is 1.17 bits per heavy atom. The minimum absolute atomic E-state index is 0.165. The van der Waals surface area contributed by atoms with Crippen molar-refractivity contribution >= 4 is 40.6 Å². The van der Waals surface area contributed by atoms with E-state index in [0.29, 0.717) is 11.3 Å². The van der Waals surface area contributed by atoms with E-state index < -0.39 is 30.2 Å². The molecule has 35 heavy (non-hydrogen) atoms. The molecule has 3 N–H and O–H groups in total. The first kappa shape index (κ1) is 25.3. The van der Waals surface area contributed by atoms with Crippen LogP contribution in [0.3, 0.4) is 0 Å². The minimum Gasteiger partial charge on any atom is -0.478 e. The number of alkyl halides is 3. The summed E-state index contributed by atoms with van der Waals surface area (Å²) in [6.45, 7) is 2.77. The third kappa shape index (κ3) is 5.77. The normalized spacial score (nSPS) is 12.3. The van der Waals surface area contributed by atoms with Crippen LogP contribution < -0.4 is 15.8 Å². The van der Waals surface area contributed by atoms with E-state index >= 15 is 0 Å². The number of fused-ring (bicyclic) bond motifs is 1. The zero-order valence-corrected chi connectivity index (χ0v) is 18.4. The number of anilines is 2. The summed E-state index contributed by atoms with van der Waals surface area (Å²) in [4.78, 5) is 62.1. The van der Waals surface area contributed by atoms with Crippen molar-refractivity contribution in [3.05, 3.63) is 52.1 Å². The summed E-state index contributed by atoms with van der Waals surface area (Å²) >= 11 is 0. The molecule has 3 rings (SSSR count). The number of hydrogen-bond donors (Lipinski definition) is 3. The third-order valence-corrected chi connectivity index (χ3v) is 5.00. The first-order valence-electron chi connectivity index (χ1n) is 10.2. The van der Waals surface area contributed by atoms with Crippen LogP contribution in [0.2, 0.25) is 0 Å². The number of aromatic amines is 1. The Morgan fingerprint density at radius 2 is 1.83 bits per heavy atom. The maximum Gasteiger partial charge on any atom is 0.471 e. The van der Waals surface area contributed by atoms with Crippen molar-refractivity contribution in [3.8, 4) is 0 Å². The lowest BCUT2D eigenvalue weighted by Crippen LogP contribution is -2.41. The Morgan fingerprint density at radius 3 is 2.40 bits per heavy atom. The monoisotopic (exact) mass is 492 g/mol. The molecule has 0 aliphatic heterocycles. The van der Waals surface area contributed by atoms with Crippen LogP contribution in [0.4, 0.5) is 24.8 Å². The summed E-state index contributed by atoms with van der Waals surface area (Å²) in [5.41, 5.74) is -1.88. The molecule has 1 aromatic carbocycles. The summed E-state index contributed by atoms with van der Waals surface area (Å²) in [6.07, 6.45) is -3.65. The molecule has 184 valence electrons. The number of nitrogens with zero attached hydrogens (tertiary/aromatic N) is 4. The van der Waals surface area contributed by atoms with Crippen LogP contribution in [-0.4, -0.2) is 49.0 Å². The number of hydrogen-bond acceptors (Lipinski definition) is 7. The summed E-state index contributed by atoms with van der Waals surface area (Å²) in [6, 6.07) is 4.18. The van der Waals surface area contributed by atoms with Gasteiger partial charge in [-0.3, -0.25) is 29.6 Å². The molecule has 0 aliphatic carbocycles. The molecule has 0 saturated heterocycles. The summed E-state index contributed by atoms with van der Waals surface area (Å²) < 4.78 is 39.7. The topological polar surface area (TPSA) is 158 Å². The molecule has 1 atom stereocenters. The van der Waals surface area contributed by atoms with Gasteiger partial charge in [0.05, 0.1) is 24.0 Å². The molecule has 0 spiro atoms. The van der Waals surface area contributed by atoms with Crippen molar-refractivity contribution in [2.45, 2.75) is 33.0 Å². The van der Waals surface area contributed by atoms with Crippen molar-refractivity contribution in [3.63, 3.8) is 0 Å². The number of H-pyrrole nitrogens is 1. The van der Waals surface area contributed by atoms with Gasteiger partial charge in [0.2, 0.25) is 11.9 Å². The van der Waals surface area contributed by atoms with Gasteiger partial charge in [-0.2, -0.15) is 18.2 Å². The van der Waals surface area contributed by atoms with Gasteiger partial charge < -0.3 is 5.11 Å². The quantitative estimate of drug-likeness (QED) is 0.454. The van der Waals surface area contributed by atoms with Gasteiger partial charge in [0, 0.05) is 11.6 Å². The van der Waals surface area contributed by atoms with Gasteiger partial charge in [-0.05, 0) is 30.7 Å². The second kappa shape index (κ2) is 9.87. The molecule has 0 bridgehead atoms. The number of aromatic nitrogens is 4. The fourth-order valence-electron chi connectivity index (χ4n) is 2.89. The second-order valence-corrected chi connectivity index (χ2v) is 7.49. The Balaban J connectivity index is 1.95. The van der Waals surface area contributed by atoms with Crippen molar-refractivity contribution in [2.75, 3.05) is 10.2 Å². The zero-order chi connectivity index (χ0) is 25.9. The number of halogens is 3. The molecular weight excluding hydrogens is 473 g/mol. The first-order chi connectivity index (χ1) is 16.4. The molecule has 14 heteroatoms. The Labute approximate surface area is 195 Å². The Hall–Kier alpha value is -4.36. The number of nitrogens with one attached hydrogen (secondary N) is 2. The van der Waals surface area contributed by atoms with Crippen molar-refractivity contribution in [2.24, 2.45) is 5.92 Å². The number of carboxylic acids is 1. The number of rotatable bonds is 7. The highest BCUT2D eigenvalue weighted by Crippen LogP contribution is 2.26. The van der Waals surface area contributed by atoms with Crippen LogP contribution in [0.5, 0.6) is 0 Å². The van der Waals surface area contributed by atoms with E-state index in [1.807, 2.05) is 0 Å². The minimum atomic E-state index is -5.24. The van der Waals surface area contributed by atoms with Crippen LogP contribution in [0.15, 0.2) is 35.3 Å². The molecule has 0 saturated carbocycles. The first-order valence-corrected chi connectivity index (χ1v) is 10.2. The molecule has 0 radical (unpaired) electrons. The molecule has 11 nitrogen and oxygen atoms in total. The van der Waals surface area contributed by atoms with E-state index in [1.165, 1.54) is 0 Å². The molecule has 0 fully saturated rings. The van der Waals surface area contributed by atoms with E-state index in [0.717, 1.165) is 30.5 Å².